The summed E-state index contributed by atoms with van der Waals surface area (Å²) in [5.74, 6) is 0.635. The molecule has 2 radical (unpaired) electrons. The van der Waals surface area contributed by atoms with Gasteiger partial charge in [0.1, 0.15) is 13.6 Å². The van der Waals surface area contributed by atoms with Gasteiger partial charge in [-0.25, -0.2) is 0 Å². The van der Waals surface area contributed by atoms with Crippen LogP contribution in [0.15, 0.2) is 12.2 Å². The van der Waals surface area contributed by atoms with Crippen molar-refractivity contribution in [2.24, 2.45) is 29.1 Å². The Morgan fingerprint density at radius 1 is 1.12 bits per heavy atom. The van der Waals surface area contributed by atoms with Crippen LogP contribution in [0.5, 0.6) is 0 Å². The molecule has 1 rings (SSSR count). The van der Waals surface area contributed by atoms with Crippen LogP contribution in [0.1, 0.15) is 73.6 Å². The monoisotopic (exact) mass is 346 g/mol. The van der Waals surface area contributed by atoms with E-state index < -0.39 is 11.4 Å². The second kappa shape index (κ2) is 9.59. The molecule has 0 saturated heterocycles. The number of cyclic esters (lactones) is 1. The molecule has 0 aromatic carbocycles. The van der Waals surface area contributed by atoms with E-state index in [0.29, 0.717) is 18.3 Å². The third kappa shape index (κ3) is 6.31. The molecule has 1 aliphatic heterocycles. The largest absolute Gasteiger partial charge is 0.472 e. The number of hydrogen-bond acceptors (Lipinski definition) is 3. The lowest BCUT2D eigenvalue weighted by Gasteiger charge is -2.36. The van der Waals surface area contributed by atoms with Gasteiger partial charge in [-0.05, 0) is 37.0 Å². The van der Waals surface area contributed by atoms with Crippen molar-refractivity contribution < 1.29 is 14.3 Å². The molecule has 1 heterocycles. The minimum Gasteiger partial charge on any atom is -0.472 e. The molecule has 1 aliphatic rings. The van der Waals surface area contributed by atoms with Gasteiger partial charge in [-0.2, -0.15) is 0 Å². The SMILES string of the molecule is [B][C@@H]1C/C=C\CCC[C@@H](C)[C@H](C)[C@@H](C)C(=O)C(C)(C)[C@@H](C)CC(=O)O1. The number of esters is 1. The Morgan fingerprint density at radius 3 is 2.40 bits per heavy atom. The molecule has 0 bridgehead atoms. The molecule has 0 aliphatic carbocycles. The second-order valence-corrected chi connectivity index (χ2v) is 8.48. The Morgan fingerprint density at radius 2 is 1.76 bits per heavy atom. The molecule has 0 spiro atoms. The lowest BCUT2D eigenvalue weighted by molar-refractivity contribution is -0.148. The van der Waals surface area contributed by atoms with Crippen molar-refractivity contribution in [2.45, 2.75) is 79.6 Å². The molecular formula is C21H35BO3. The van der Waals surface area contributed by atoms with Gasteiger partial charge in [0.05, 0.1) is 6.00 Å². The molecule has 0 unspecified atom stereocenters. The lowest BCUT2D eigenvalue weighted by Crippen LogP contribution is -2.40. The Kier molecular flexibility index (Phi) is 8.43. The molecule has 0 N–H and O–H groups in total. The topological polar surface area (TPSA) is 43.4 Å². The Bertz CT molecular complexity index is 484. The van der Waals surface area contributed by atoms with Gasteiger partial charge >= 0.3 is 5.97 Å². The zero-order valence-electron chi connectivity index (χ0n) is 16.9. The van der Waals surface area contributed by atoms with Gasteiger partial charge in [0.2, 0.25) is 0 Å². The molecule has 0 amide bonds. The quantitative estimate of drug-likeness (QED) is 0.363. The van der Waals surface area contributed by atoms with Crippen LogP contribution >= 0.6 is 0 Å². The van der Waals surface area contributed by atoms with Crippen molar-refractivity contribution in [3.05, 3.63) is 12.2 Å². The molecule has 0 saturated carbocycles. The van der Waals surface area contributed by atoms with Crippen molar-refractivity contribution in [2.75, 3.05) is 0 Å². The standard InChI is InChI=1S/C21H35BO3/c1-14-11-9-7-8-10-12-18(22)25-19(23)13-15(2)21(5,6)20(24)17(4)16(14)3/h8,10,14-18H,7,9,11-13H2,1-6H3/b10-8-/t14-,15+,16+,17-,18+/m1/s1. The van der Waals surface area contributed by atoms with E-state index in [9.17, 15) is 9.59 Å². The van der Waals surface area contributed by atoms with Crippen molar-refractivity contribution in [3.63, 3.8) is 0 Å². The normalized spacial score (nSPS) is 37.3. The number of carbonyl (C=O) groups excluding carboxylic acids is 2. The van der Waals surface area contributed by atoms with Crippen LogP contribution in [0, 0.1) is 29.1 Å². The third-order valence-corrected chi connectivity index (χ3v) is 6.29. The van der Waals surface area contributed by atoms with Crippen LogP contribution in [0.3, 0.4) is 0 Å². The van der Waals surface area contributed by atoms with Crippen molar-refractivity contribution in [1.29, 1.82) is 0 Å². The minimum atomic E-state index is -0.611. The summed E-state index contributed by atoms with van der Waals surface area (Å²) in [7, 11) is 5.87. The molecular weight excluding hydrogens is 311 g/mol. The number of hydrogen-bond donors (Lipinski definition) is 0. The van der Waals surface area contributed by atoms with Crippen LogP contribution in [0.25, 0.3) is 0 Å². The molecule has 0 fully saturated rings. The van der Waals surface area contributed by atoms with E-state index in [1.807, 2.05) is 33.8 Å². The van der Waals surface area contributed by atoms with Crippen LogP contribution in [-0.2, 0) is 14.3 Å². The average molecular weight is 346 g/mol. The van der Waals surface area contributed by atoms with E-state index in [1.54, 1.807) is 0 Å². The highest BCUT2D eigenvalue weighted by molar-refractivity contribution is 6.11. The molecule has 140 valence electrons. The average Bonchev–Trinajstić information content (AvgIpc) is 2.54. The number of Topliss-reactive ketones (excluding diaryl/α,β-unsaturated/α-hetero) is 1. The number of rotatable bonds is 0. The number of ether oxygens (including phenoxy) is 1. The first-order valence-electron chi connectivity index (χ1n) is 9.71. The summed E-state index contributed by atoms with van der Waals surface area (Å²) < 4.78 is 5.29. The number of ketones is 1. The molecule has 25 heavy (non-hydrogen) atoms. The first-order valence-corrected chi connectivity index (χ1v) is 9.71. The summed E-state index contributed by atoms with van der Waals surface area (Å²) in [5, 5.41) is 0. The predicted octanol–water partition coefficient (Wildman–Crippen LogP) is 4.68. The van der Waals surface area contributed by atoms with Crippen LogP contribution in [-0.4, -0.2) is 25.6 Å². The predicted molar refractivity (Wildman–Crippen MR) is 103 cm³/mol. The molecule has 4 heteroatoms. The van der Waals surface area contributed by atoms with Crippen LogP contribution < -0.4 is 0 Å². The highest BCUT2D eigenvalue weighted by Gasteiger charge is 2.40. The first kappa shape index (κ1) is 22.0. The summed E-state index contributed by atoms with van der Waals surface area (Å²) in [6.07, 6.45) is 8.05. The van der Waals surface area contributed by atoms with Gasteiger partial charge in [0.15, 0.2) is 0 Å². The summed E-state index contributed by atoms with van der Waals surface area (Å²) in [6.45, 7) is 12.3. The fourth-order valence-electron chi connectivity index (χ4n) is 3.50. The van der Waals surface area contributed by atoms with E-state index in [2.05, 4.69) is 19.9 Å². The number of carbonyl (C=O) groups is 2. The maximum Gasteiger partial charge on any atom is 0.305 e. The maximum atomic E-state index is 13.1. The Labute approximate surface area is 155 Å². The zero-order valence-corrected chi connectivity index (χ0v) is 16.9. The molecule has 0 aromatic rings. The van der Waals surface area contributed by atoms with Gasteiger partial charge in [-0.3, -0.25) is 9.59 Å². The summed E-state index contributed by atoms with van der Waals surface area (Å²) >= 11 is 0. The zero-order chi connectivity index (χ0) is 19.2. The third-order valence-electron chi connectivity index (χ3n) is 6.29. The molecule has 3 nitrogen and oxygen atoms in total. The Hall–Kier alpha value is -1.06. The number of allylic oxidation sites excluding steroid dienone is 1. The fraction of sp³-hybridized carbons (Fsp3) is 0.810. The summed E-state index contributed by atoms with van der Waals surface area (Å²) in [4.78, 5) is 25.3. The van der Waals surface area contributed by atoms with Gasteiger partial charge in [-0.15, -0.1) is 0 Å². The summed E-state index contributed by atoms with van der Waals surface area (Å²) in [5.41, 5.74) is -0.562. The smallest absolute Gasteiger partial charge is 0.305 e. The van der Waals surface area contributed by atoms with Crippen LogP contribution in [0.4, 0.5) is 0 Å². The maximum absolute atomic E-state index is 13.1. The van der Waals surface area contributed by atoms with Crippen molar-refractivity contribution in [3.8, 4) is 0 Å². The molecule has 0 aromatic heterocycles. The van der Waals surface area contributed by atoms with E-state index in [4.69, 9.17) is 12.6 Å². The van der Waals surface area contributed by atoms with E-state index in [-0.39, 0.29) is 30.0 Å². The fourth-order valence-corrected chi connectivity index (χ4v) is 3.50. The van der Waals surface area contributed by atoms with Crippen molar-refractivity contribution >= 4 is 19.6 Å². The minimum absolute atomic E-state index is 0.0193. The summed E-state index contributed by atoms with van der Waals surface area (Å²) in [6, 6.07) is -0.611. The highest BCUT2D eigenvalue weighted by atomic mass is 16.5. The van der Waals surface area contributed by atoms with Gasteiger partial charge in [-0.1, -0.05) is 60.1 Å². The highest BCUT2D eigenvalue weighted by Crippen LogP contribution is 2.37. The van der Waals surface area contributed by atoms with Gasteiger partial charge < -0.3 is 4.74 Å². The Balaban J connectivity index is 2.98. The van der Waals surface area contributed by atoms with E-state index in [0.717, 1.165) is 19.3 Å². The first-order chi connectivity index (χ1) is 11.6. The van der Waals surface area contributed by atoms with E-state index >= 15 is 0 Å². The van der Waals surface area contributed by atoms with Gasteiger partial charge in [0.25, 0.3) is 0 Å². The molecule has 5 atom stereocenters. The van der Waals surface area contributed by atoms with E-state index in [1.165, 1.54) is 0 Å². The van der Waals surface area contributed by atoms with Crippen LogP contribution in [0.2, 0.25) is 0 Å². The van der Waals surface area contributed by atoms with Crippen molar-refractivity contribution in [1.82, 2.24) is 0 Å². The lowest BCUT2D eigenvalue weighted by atomic mass is 9.67. The van der Waals surface area contributed by atoms with Gasteiger partial charge in [0, 0.05) is 17.8 Å². The second-order valence-electron chi connectivity index (χ2n) is 8.48.